The molecule has 0 N–H and O–H groups in total. The van der Waals surface area contributed by atoms with Gasteiger partial charge in [-0.15, -0.1) is 0 Å². The molecule has 3 nitrogen and oxygen atoms in total. The summed E-state index contributed by atoms with van der Waals surface area (Å²) in [5.74, 6) is 0.123. The molecule has 1 heterocycles. The Morgan fingerprint density at radius 2 is 1.92 bits per heavy atom. The molecule has 1 saturated heterocycles. The average Bonchev–Trinajstić information content (AvgIpc) is 2.17. The Bertz CT molecular complexity index is 235. The van der Waals surface area contributed by atoms with Crippen LogP contribution in [0, 0.1) is 11.3 Å². The number of hydrogen-bond acceptors (Lipinski definition) is 2. The van der Waals surface area contributed by atoms with Gasteiger partial charge in [0.1, 0.15) is 0 Å². The molecule has 1 aliphatic heterocycles. The zero-order valence-corrected chi connectivity index (χ0v) is 8.05. The molecule has 0 radical (unpaired) electrons. The average molecular weight is 169 g/mol. The second kappa shape index (κ2) is 2.57. The molecular formula is C9H15NO2. The van der Waals surface area contributed by atoms with Crippen LogP contribution in [0.5, 0.6) is 0 Å². The third-order valence-corrected chi connectivity index (χ3v) is 2.96. The van der Waals surface area contributed by atoms with Crippen molar-refractivity contribution in [3.8, 4) is 0 Å². The van der Waals surface area contributed by atoms with E-state index >= 15 is 0 Å². The Labute approximate surface area is 72.7 Å². The van der Waals surface area contributed by atoms with Crippen LogP contribution >= 0.6 is 0 Å². The van der Waals surface area contributed by atoms with Gasteiger partial charge in [0.15, 0.2) is 0 Å². The van der Waals surface area contributed by atoms with Crippen molar-refractivity contribution in [2.75, 3.05) is 7.05 Å². The van der Waals surface area contributed by atoms with E-state index in [1.807, 2.05) is 20.8 Å². The van der Waals surface area contributed by atoms with Crippen molar-refractivity contribution >= 4 is 11.8 Å². The Balaban J connectivity index is 2.97. The van der Waals surface area contributed by atoms with E-state index in [1.54, 1.807) is 7.05 Å². The molecule has 12 heavy (non-hydrogen) atoms. The standard InChI is InChI=1S/C9H15NO2/c1-6(2)9(3)5-7(11)10(4)8(9)12/h6H,5H2,1-4H3. The third kappa shape index (κ3) is 1.04. The van der Waals surface area contributed by atoms with Gasteiger partial charge in [0.25, 0.3) is 0 Å². The van der Waals surface area contributed by atoms with E-state index in [4.69, 9.17) is 0 Å². The summed E-state index contributed by atoms with van der Waals surface area (Å²) in [5, 5.41) is 0. The molecule has 1 fully saturated rings. The van der Waals surface area contributed by atoms with Gasteiger partial charge in [0.05, 0.1) is 5.41 Å². The first-order valence-electron chi connectivity index (χ1n) is 4.20. The number of hydrogen-bond donors (Lipinski definition) is 0. The maximum absolute atomic E-state index is 11.6. The second-order valence-electron chi connectivity index (χ2n) is 4.01. The first-order chi connectivity index (χ1) is 5.39. The number of rotatable bonds is 1. The number of carbonyl (C=O) groups is 2. The fraction of sp³-hybridized carbons (Fsp3) is 0.778. The molecule has 3 heteroatoms. The van der Waals surface area contributed by atoms with E-state index in [-0.39, 0.29) is 17.7 Å². The van der Waals surface area contributed by atoms with E-state index in [0.29, 0.717) is 6.42 Å². The molecule has 0 aliphatic carbocycles. The van der Waals surface area contributed by atoms with Crippen molar-refractivity contribution in [2.24, 2.45) is 11.3 Å². The van der Waals surface area contributed by atoms with E-state index in [2.05, 4.69) is 0 Å². The van der Waals surface area contributed by atoms with Gasteiger partial charge < -0.3 is 0 Å². The lowest BCUT2D eigenvalue weighted by Gasteiger charge is -2.24. The smallest absolute Gasteiger partial charge is 0.235 e. The zero-order chi connectivity index (χ0) is 9.52. The fourth-order valence-corrected chi connectivity index (χ4v) is 1.46. The van der Waals surface area contributed by atoms with Crippen LogP contribution in [-0.4, -0.2) is 23.8 Å². The summed E-state index contributed by atoms with van der Waals surface area (Å²) >= 11 is 0. The molecule has 1 unspecified atom stereocenters. The van der Waals surface area contributed by atoms with Crippen molar-refractivity contribution < 1.29 is 9.59 Å². The third-order valence-electron chi connectivity index (χ3n) is 2.96. The lowest BCUT2D eigenvalue weighted by atomic mass is 9.78. The number of likely N-dealkylation sites (tertiary alicyclic amines) is 1. The lowest BCUT2D eigenvalue weighted by molar-refractivity contribution is -0.140. The summed E-state index contributed by atoms with van der Waals surface area (Å²) in [6.07, 6.45) is 0.361. The van der Waals surface area contributed by atoms with E-state index in [1.165, 1.54) is 4.90 Å². The molecule has 0 aromatic carbocycles. The molecule has 68 valence electrons. The number of nitrogens with zero attached hydrogens (tertiary/aromatic N) is 1. The van der Waals surface area contributed by atoms with Crippen LogP contribution < -0.4 is 0 Å². The largest absolute Gasteiger partial charge is 0.285 e. The molecule has 0 saturated carbocycles. The summed E-state index contributed by atoms with van der Waals surface area (Å²) < 4.78 is 0. The summed E-state index contributed by atoms with van der Waals surface area (Å²) in [4.78, 5) is 24.0. The monoisotopic (exact) mass is 169 g/mol. The first-order valence-corrected chi connectivity index (χ1v) is 4.20. The highest BCUT2D eigenvalue weighted by molar-refractivity contribution is 6.05. The van der Waals surface area contributed by atoms with Crippen LogP contribution in [0.2, 0.25) is 0 Å². The second-order valence-corrected chi connectivity index (χ2v) is 4.01. The quantitative estimate of drug-likeness (QED) is 0.550. The molecule has 1 atom stereocenters. The molecule has 0 aromatic rings. The minimum absolute atomic E-state index is 0.0394. The Hall–Kier alpha value is -0.860. The van der Waals surface area contributed by atoms with Crippen LogP contribution in [0.3, 0.4) is 0 Å². The lowest BCUT2D eigenvalue weighted by Crippen LogP contribution is -2.34. The Morgan fingerprint density at radius 3 is 2.08 bits per heavy atom. The predicted octanol–water partition coefficient (Wildman–Crippen LogP) is 1.04. The van der Waals surface area contributed by atoms with Gasteiger partial charge in [-0.1, -0.05) is 13.8 Å². The van der Waals surface area contributed by atoms with Gasteiger partial charge >= 0.3 is 0 Å². The number of amides is 2. The van der Waals surface area contributed by atoms with Crippen LogP contribution in [0.1, 0.15) is 27.2 Å². The summed E-state index contributed by atoms with van der Waals surface area (Å²) in [7, 11) is 1.55. The van der Waals surface area contributed by atoms with Gasteiger partial charge in [-0.25, -0.2) is 0 Å². The maximum Gasteiger partial charge on any atom is 0.235 e. The van der Waals surface area contributed by atoms with Crippen LogP contribution in [0.25, 0.3) is 0 Å². The van der Waals surface area contributed by atoms with Crippen LogP contribution in [0.4, 0.5) is 0 Å². The molecule has 1 aliphatic rings. The highest BCUT2D eigenvalue weighted by atomic mass is 16.2. The first kappa shape index (κ1) is 9.23. The molecular weight excluding hydrogens is 154 g/mol. The minimum Gasteiger partial charge on any atom is -0.285 e. The van der Waals surface area contributed by atoms with Gasteiger partial charge in [0, 0.05) is 13.5 Å². The number of imide groups is 1. The van der Waals surface area contributed by atoms with E-state index in [0.717, 1.165) is 0 Å². The topological polar surface area (TPSA) is 37.4 Å². The summed E-state index contributed by atoms with van der Waals surface area (Å²) in [6, 6.07) is 0. The highest BCUT2D eigenvalue weighted by Crippen LogP contribution is 2.38. The van der Waals surface area contributed by atoms with Gasteiger partial charge in [-0.3, -0.25) is 14.5 Å². The van der Waals surface area contributed by atoms with Gasteiger partial charge in [0.2, 0.25) is 11.8 Å². The van der Waals surface area contributed by atoms with Crippen molar-refractivity contribution in [1.82, 2.24) is 4.90 Å². The van der Waals surface area contributed by atoms with Gasteiger partial charge in [-0.05, 0) is 12.8 Å². The maximum atomic E-state index is 11.6. The normalized spacial score (nSPS) is 30.6. The molecule has 0 bridgehead atoms. The van der Waals surface area contributed by atoms with E-state index < -0.39 is 5.41 Å². The van der Waals surface area contributed by atoms with Crippen molar-refractivity contribution in [3.05, 3.63) is 0 Å². The summed E-state index contributed by atoms with van der Waals surface area (Å²) in [5.41, 5.74) is -0.466. The van der Waals surface area contributed by atoms with Crippen LogP contribution in [-0.2, 0) is 9.59 Å². The van der Waals surface area contributed by atoms with Crippen molar-refractivity contribution in [3.63, 3.8) is 0 Å². The predicted molar refractivity (Wildman–Crippen MR) is 45.3 cm³/mol. The molecule has 0 spiro atoms. The van der Waals surface area contributed by atoms with Crippen molar-refractivity contribution in [2.45, 2.75) is 27.2 Å². The Kier molecular flexibility index (Phi) is 1.98. The zero-order valence-electron chi connectivity index (χ0n) is 8.05. The van der Waals surface area contributed by atoms with E-state index in [9.17, 15) is 9.59 Å². The summed E-state index contributed by atoms with van der Waals surface area (Å²) in [6.45, 7) is 5.82. The van der Waals surface area contributed by atoms with Gasteiger partial charge in [-0.2, -0.15) is 0 Å². The molecule has 2 amide bonds. The SMILES string of the molecule is CC(C)C1(C)CC(=O)N(C)C1=O. The van der Waals surface area contributed by atoms with Crippen molar-refractivity contribution in [1.29, 1.82) is 0 Å². The molecule has 0 aromatic heterocycles. The number of carbonyl (C=O) groups excluding carboxylic acids is 2. The fourth-order valence-electron chi connectivity index (χ4n) is 1.46. The Morgan fingerprint density at radius 1 is 1.42 bits per heavy atom. The van der Waals surface area contributed by atoms with Crippen LogP contribution in [0.15, 0.2) is 0 Å². The minimum atomic E-state index is -0.466. The molecule has 1 rings (SSSR count). The highest BCUT2D eigenvalue weighted by Gasteiger charge is 2.48.